The van der Waals surface area contributed by atoms with Gasteiger partial charge in [0.25, 0.3) is 0 Å². The van der Waals surface area contributed by atoms with E-state index in [1.54, 1.807) is 23.9 Å². The van der Waals surface area contributed by atoms with Gasteiger partial charge in [-0.1, -0.05) is 12.2 Å². The first-order valence-electron chi connectivity index (χ1n) is 7.31. The lowest BCUT2D eigenvalue weighted by Crippen LogP contribution is -2.08. The molecule has 0 bridgehead atoms. The Kier molecular flexibility index (Phi) is 4.52. The number of hydrogen-bond acceptors (Lipinski definition) is 6. The zero-order valence-electron chi connectivity index (χ0n) is 12.7. The van der Waals surface area contributed by atoms with Crippen molar-refractivity contribution in [2.45, 2.75) is 23.5 Å². The Bertz CT molecular complexity index is 735. The Morgan fingerprint density at radius 1 is 1.26 bits per heavy atom. The second-order valence-corrected chi connectivity index (χ2v) is 6.59. The van der Waals surface area contributed by atoms with Gasteiger partial charge in [0.05, 0.1) is 0 Å². The maximum atomic E-state index is 9.32. The fraction of sp³-hybridized carbons (Fsp3) is 0.176. The van der Waals surface area contributed by atoms with Gasteiger partial charge in [0, 0.05) is 27.6 Å². The van der Waals surface area contributed by atoms with Gasteiger partial charge >= 0.3 is 0 Å². The number of anilines is 2. The van der Waals surface area contributed by atoms with E-state index in [-0.39, 0.29) is 5.95 Å². The first-order chi connectivity index (χ1) is 11.1. The summed E-state index contributed by atoms with van der Waals surface area (Å²) < 4.78 is 0. The highest BCUT2D eigenvalue weighted by Crippen LogP contribution is 2.30. The quantitative estimate of drug-likeness (QED) is 0.797. The van der Waals surface area contributed by atoms with Crippen LogP contribution in [-0.4, -0.2) is 20.3 Å². The van der Waals surface area contributed by atoms with Crippen molar-refractivity contribution in [3.8, 4) is 5.75 Å². The van der Waals surface area contributed by atoms with E-state index in [1.165, 1.54) is 0 Å². The van der Waals surface area contributed by atoms with Crippen molar-refractivity contribution >= 4 is 23.5 Å². The van der Waals surface area contributed by atoms with Gasteiger partial charge in [-0.05, 0) is 43.7 Å². The Morgan fingerprint density at radius 2 is 2.04 bits per heavy atom. The molecule has 2 aromatic rings. The summed E-state index contributed by atoms with van der Waals surface area (Å²) in [4.78, 5) is 9.38. The molecule has 118 valence electrons. The highest BCUT2D eigenvalue weighted by molar-refractivity contribution is 8.00. The molecule has 0 fully saturated rings. The van der Waals surface area contributed by atoms with Crippen LogP contribution in [0.25, 0.3) is 0 Å². The zero-order valence-corrected chi connectivity index (χ0v) is 13.5. The molecule has 1 aromatic heterocycles. The number of phenolic OH excluding ortho intramolecular Hbond substituents is 1. The van der Waals surface area contributed by atoms with Crippen molar-refractivity contribution < 1.29 is 5.11 Å². The number of rotatable bonds is 4. The number of nitrogens with zero attached hydrogens (tertiary/aromatic N) is 2. The topological polar surface area (TPSA) is 84.1 Å². The third-order valence-electron chi connectivity index (χ3n) is 3.33. The standard InChI is InChI=1S/C17H18N4OS/c1-11-10-16(21-17(18)19-11)20-12-2-6-14(7-3-12)23-15-8-4-13(22)5-9-15/h2-6,8-10,14,22H,7H2,1H3,(H3,18,19,20,21). The number of thioether (sulfide) groups is 1. The number of benzene rings is 1. The molecule has 3 rings (SSSR count). The average Bonchev–Trinajstić information content (AvgIpc) is 2.50. The Morgan fingerprint density at radius 3 is 2.70 bits per heavy atom. The fourth-order valence-electron chi connectivity index (χ4n) is 2.28. The largest absolute Gasteiger partial charge is 0.508 e. The first-order valence-corrected chi connectivity index (χ1v) is 8.19. The fourth-order valence-corrected chi connectivity index (χ4v) is 3.28. The number of allylic oxidation sites excluding steroid dienone is 2. The van der Waals surface area contributed by atoms with Crippen molar-refractivity contribution in [3.05, 3.63) is 60.0 Å². The molecular weight excluding hydrogens is 308 g/mol. The van der Waals surface area contributed by atoms with E-state index in [1.807, 2.05) is 25.1 Å². The van der Waals surface area contributed by atoms with Gasteiger partial charge in [0.2, 0.25) is 5.95 Å². The predicted octanol–water partition coefficient (Wildman–Crippen LogP) is 3.49. The van der Waals surface area contributed by atoms with Crippen LogP contribution in [0.5, 0.6) is 5.75 Å². The summed E-state index contributed by atoms with van der Waals surface area (Å²) in [6, 6.07) is 9.14. The molecule has 1 aliphatic rings. The maximum Gasteiger partial charge on any atom is 0.222 e. The summed E-state index contributed by atoms with van der Waals surface area (Å²) in [6.45, 7) is 1.89. The molecule has 0 amide bonds. The molecule has 1 atom stereocenters. The number of aromatic nitrogens is 2. The summed E-state index contributed by atoms with van der Waals surface area (Å²) in [6.07, 6.45) is 7.28. The number of nitrogens with two attached hydrogens (primary N) is 1. The van der Waals surface area contributed by atoms with Crippen LogP contribution in [0.2, 0.25) is 0 Å². The molecular formula is C17H18N4OS. The van der Waals surface area contributed by atoms with Gasteiger partial charge in [-0.25, -0.2) is 4.98 Å². The van der Waals surface area contributed by atoms with Gasteiger partial charge in [-0.2, -0.15) is 4.98 Å². The maximum absolute atomic E-state index is 9.32. The van der Waals surface area contributed by atoms with Crippen LogP contribution in [0.3, 0.4) is 0 Å². The first kappa shape index (κ1) is 15.4. The Balaban J connectivity index is 1.60. The van der Waals surface area contributed by atoms with Crippen molar-refractivity contribution in [1.82, 2.24) is 9.97 Å². The molecule has 1 heterocycles. The second-order valence-electron chi connectivity index (χ2n) is 5.28. The molecule has 1 unspecified atom stereocenters. The Hall–Kier alpha value is -2.47. The lowest BCUT2D eigenvalue weighted by atomic mass is 10.1. The van der Waals surface area contributed by atoms with Crippen LogP contribution >= 0.6 is 11.8 Å². The molecule has 1 aliphatic carbocycles. The normalized spacial score (nSPS) is 16.9. The van der Waals surface area contributed by atoms with E-state index in [4.69, 9.17) is 5.73 Å². The van der Waals surface area contributed by atoms with Gasteiger partial charge in [0.1, 0.15) is 11.6 Å². The number of aromatic hydroxyl groups is 1. The molecule has 5 nitrogen and oxygen atoms in total. The number of phenols is 1. The van der Waals surface area contributed by atoms with Crippen LogP contribution in [-0.2, 0) is 0 Å². The van der Waals surface area contributed by atoms with E-state index in [9.17, 15) is 5.11 Å². The molecule has 23 heavy (non-hydrogen) atoms. The van der Waals surface area contributed by atoms with Gasteiger partial charge < -0.3 is 16.2 Å². The highest BCUT2D eigenvalue weighted by atomic mass is 32.2. The monoisotopic (exact) mass is 326 g/mol. The van der Waals surface area contributed by atoms with E-state index >= 15 is 0 Å². The van der Waals surface area contributed by atoms with Gasteiger partial charge in [-0.3, -0.25) is 0 Å². The zero-order chi connectivity index (χ0) is 16.2. The molecule has 1 aromatic carbocycles. The SMILES string of the molecule is Cc1cc(NC2=CCC(Sc3ccc(O)cc3)C=C2)nc(N)n1. The molecule has 4 N–H and O–H groups in total. The van der Waals surface area contributed by atoms with Crippen LogP contribution in [0.15, 0.2) is 59.2 Å². The van der Waals surface area contributed by atoms with Crippen molar-refractivity contribution in [1.29, 1.82) is 0 Å². The number of nitrogens with one attached hydrogen (secondary N) is 1. The molecule has 0 spiro atoms. The molecule has 6 heteroatoms. The predicted molar refractivity (Wildman–Crippen MR) is 94.4 cm³/mol. The average molecular weight is 326 g/mol. The van der Waals surface area contributed by atoms with Gasteiger partial charge in [0.15, 0.2) is 0 Å². The summed E-state index contributed by atoms with van der Waals surface area (Å²) in [7, 11) is 0. The van der Waals surface area contributed by atoms with E-state index in [0.717, 1.165) is 22.7 Å². The summed E-state index contributed by atoms with van der Waals surface area (Å²) >= 11 is 1.77. The summed E-state index contributed by atoms with van der Waals surface area (Å²) in [5.74, 6) is 1.27. The minimum Gasteiger partial charge on any atom is -0.508 e. The third-order valence-corrected chi connectivity index (χ3v) is 4.53. The number of hydrogen-bond donors (Lipinski definition) is 3. The van der Waals surface area contributed by atoms with Crippen molar-refractivity contribution in [3.63, 3.8) is 0 Å². The molecule has 0 radical (unpaired) electrons. The summed E-state index contributed by atoms with van der Waals surface area (Å²) in [5.41, 5.74) is 7.50. The van der Waals surface area contributed by atoms with Crippen LogP contribution in [0.4, 0.5) is 11.8 Å². The Labute approximate surface area is 139 Å². The van der Waals surface area contributed by atoms with Gasteiger partial charge in [-0.15, -0.1) is 11.8 Å². The number of nitrogen functional groups attached to an aromatic ring is 1. The van der Waals surface area contributed by atoms with E-state index < -0.39 is 0 Å². The minimum absolute atomic E-state index is 0.272. The van der Waals surface area contributed by atoms with Crippen LogP contribution in [0, 0.1) is 6.92 Å². The highest BCUT2D eigenvalue weighted by Gasteiger charge is 2.11. The molecule has 0 saturated heterocycles. The minimum atomic E-state index is 0.272. The van der Waals surface area contributed by atoms with Crippen LogP contribution < -0.4 is 11.1 Å². The smallest absolute Gasteiger partial charge is 0.222 e. The van der Waals surface area contributed by atoms with Crippen molar-refractivity contribution in [2.24, 2.45) is 0 Å². The molecule has 0 aliphatic heterocycles. The summed E-state index contributed by atoms with van der Waals surface area (Å²) in [5, 5.41) is 12.9. The van der Waals surface area contributed by atoms with E-state index in [2.05, 4.69) is 33.5 Å². The lowest BCUT2D eigenvalue weighted by molar-refractivity contribution is 0.475. The number of aryl methyl sites for hydroxylation is 1. The van der Waals surface area contributed by atoms with Crippen LogP contribution in [0.1, 0.15) is 12.1 Å². The van der Waals surface area contributed by atoms with E-state index in [0.29, 0.717) is 16.8 Å². The third kappa shape index (κ3) is 4.26. The van der Waals surface area contributed by atoms with Crippen molar-refractivity contribution in [2.75, 3.05) is 11.1 Å². The molecule has 0 saturated carbocycles. The second kappa shape index (κ2) is 6.75. The lowest BCUT2D eigenvalue weighted by Gasteiger charge is -2.17.